The van der Waals surface area contributed by atoms with Gasteiger partial charge < -0.3 is 5.73 Å². The number of hydrogen-bond donors (Lipinski definition) is 1. The van der Waals surface area contributed by atoms with E-state index in [-0.39, 0.29) is 0 Å². The summed E-state index contributed by atoms with van der Waals surface area (Å²) in [6.45, 7) is 0. The highest BCUT2D eigenvalue weighted by molar-refractivity contribution is 7.14. The maximum Gasteiger partial charge on any atom is 0.291 e. The normalized spacial score (nSPS) is 9.14. The molecule has 2 nitrogen and oxygen atoms in total. The zero-order chi connectivity index (χ0) is 5.28. The Labute approximate surface area is 53.8 Å². The molecule has 0 spiro atoms. The highest BCUT2D eigenvalue weighted by Crippen LogP contribution is 2.00. The average molecular weight is 128 g/mol. The van der Waals surface area contributed by atoms with Crippen molar-refractivity contribution in [3.63, 3.8) is 0 Å². The summed E-state index contributed by atoms with van der Waals surface area (Å²) in [6.07, 6.45) is 0. The molecular weight excluding hydrogens is 123 g/mol. The first-order valence-corrected chi connectivity index (χ1v) is 3.84. The second-order valence-electron chi connectivity index (χ2n) is 1.33. The van der Waals surface area contributed by atoms with Crippen molar-refractivity contribution in [2.75, 3.05) is 5.73 Å². The van der Waals surface area contributed by atoms with E-state index in [1.807, 2.05) is 5.38 Å². The highest BCUT2D eigenvalue weighted by atomic mass is 32.1. The van der Waals surface area contributed by atoms with Gasteiger partial charge in [0.1, 0.15) is 0 Å². The van der Waals surface area contributed by atoms with E-state index in [4.69, 9.17) is 5.73 Å². The van der Waals surface area contributed by atoms with Crippen LogP contribution < -0.4 is 10.3 Å². The lowest BCUT2D eigenvalue weighted by molar-refractivity contribution is 1.49. The van der Waals surface area contributed by atoms with Gasteiger partial charge in [-0.2, -0.15) is 0 Å². The Morgan fingerprint density at radius 3 is 2.71 bits per heavy atom. The molecule has 0 amide bonds. The van der Waals surface area contributed by atoms with Crippen molar-refractivity contribution in [3.05, 3.63) is 5.38 Å². The maximum atomic E-state index is 5.31. The molecule has 1 aromatic heterocycles. The Kier molecular flexibility index (Phi) is 1.33. The third-order valence-electron chi connectivity index (χ3n) is 0.637. The van der Waals surface area contributed by atoms with Gasteiger partial charge in [0.25, 0.3) is 16.3 Å². The zero-order valence-corrected chi connectivity index (χ0v) is 6.83. The SMILES string of the molecule is Nc1n[c]([AlH2])cs1. The second-order valence-corrected chi connectivity index (χ2v) is 3.24. The molecule has 0 fully saturated rings. The fraction of sp³-hybridized carbons (Fsp3) is 0. The van der Waals surface area contributed by atoms with Gasteiger partial charge in [-0.05, 0) is 9.94 Å². The van der Waals surface area contributed by atoms with Crippen LogP contribution >= 0.6 is 11.3 Å². The van der Waals surface area contributed by atoms with Crippen LogP contribution in [0.4, 0.5) is 5.13 Å². The van der Waals surface area contributed by atoms with E-state index in [0.29, 0.717) is 5.13 Å². The molecule has 0 saturated carbocycles. The summed E-state index contributed by atoms with van der Waals surface area (Å²) in [4.78, 5) is 3.97. The zero-order valence-electron chi connectivity index (χ0n) is 4.01. The Morgan fingerprint density at radius 2 is 2.57 bits per heavy atom. The number of nitrogens with zero attached hydrogens (tertiary/aromatic N) is 1. The number of rotatable bonds is 0. The molecular formula is C3H5AlN2S. The van der Waals surface area contributed by atoms with Crippen LogP contribution in [0.5, 0.6) is 0 Å². The minimum absolute atomic E-state index is 0.685. The molecule has 1 heterocycles. The standard InChI is InChI=1S/C3H3N2S.Al.2H/c4-3-5-1-2-6-3;;;/h2H,(H2,4,5);;;. The van der Waals surface area contributed by atoms with Gasteiger partial charge >= 0.3 is 0 Å². The number of nitrogen functional groups attached to an aromatic ring is 1. The largest absolute Gasteiger partial charge is 0.375 e. The van der Waals surface area contributed by atoms with Crippen molar-refractivity contribution >= 4 is 37.3 Å². The fourth-order valence-electron chi connectivity index (χ4n) is 0.372. The minimum Gasteiger partial charge on any atom is -0.375 e. The van der Waals surface area contributed by atoms with E-state index in [1.165, 1.54) is 11.3 Å². The highest BCUT2D eigenvalue weighted by Gasteiger charge is 1.86. The van der Waals surface area contributed by atoms with E-state index in [1.54, 1.807) is 0 Å². The molecule has 0 aliphatic heterocycles. The van der Waals surface area contributed by atoms with Crippen LogP contribution in [-0.4, -0.2) is 21.3 Å². The average Bonchev–Trinajstić information content (AvgIpc) is 1.87. The smallest absolute Gasteiger partial charge is 0.291 e. The lowest BCUT2D eigenvalue weighted by atomic mass is 11.0. The molecule has 7 heavy (non-hydrogen) atoms. The molecule has 4 heteroatoms. The number of nitrogens with two attached hydrogens (primary N) is 1. The molecule has 0 atom stereocenters. The molecule has 0 radical (unpaired) electrons. The van der Waals surface area contributed by atoms with Crippen molar-refractivity contribution in [3.8, 4) is 0 Å². The monoisotopic (exact) mass is 128 g/mol. The van der Waals surface area contributed by atoms with Crippen LogP contribution in [0.2, 0.25) is 0 Å². The van der Waals surface area contributed by atoms with Gasteiger partial charge in [-0.15, -0.1) is 11.3 Å². The van der Waals surface area contributed by atoms with Gasteiger partial charge in [0.2, 0.25) is 0 Å². The van der Waals surface area contributed by atoms with Crippen molar-refractivity contribution < 1.29 is 0 Å². The molecule has 2 N–H and O–H groups in total. The summed E-state index contributed by atoms with van der Waals surface area (Å²) in [6, 6.07) is 0. The second kappa shape index (κ2) is 1.83. The Bertz CT molecular complexity index is 145. The van der Waals surface area contributed by atoms with E-state index >= 15 is 0 Å². The molecule has 1 aromatic rings. The van der Waals surface area contributed by atoms with Gasteiger partial charge in [-0.25, -0.2) is 4.98 Å². The lowest BCUT2D eigenvalue weighted by Gasteiger charge is -1.72. The Balaban J connectivity index is 3.04. The summed E-state index contributed by atoms with van der Waals surface area (Å²) in [5, 5.41) is 2.67. The van der Waals surface area contributed by atoms with Crippen molar-refractivity contribution in [1.82, 2.24) is 4.98 Å². The van der Waals surface area contributed by atoms with E-state index in [9.17, 15) is 0 Å². The molecule has 0 bridgehead atoms. The summed E-state index contributed by atoms with van der Waals surface area (Å²) in [5.74, 6) is 0. The van der Waals surface area contributed by atoms with Crippen LogP contribution in [-0.2, 0) is 0 Å². The Hall–Kier alpha value is -0.0375. The van der Waals surface area contributed by atoms with E-state index < -0.39 is 0 Å². The predicted octanol–water partition coefficient (Wildman–Crippen LogP) is -1.02. The molecule has 0 aliphatic rings. The number of thiazole rings is 1. The molecule has 0 unspecified atom stereocenters. The van der Waals surface area contributed by atoms with E-state index in [2.05, 4.69) is 4.98 Å². The topological polar surface area (TPSA) is 38.9 Å². The molecule has 0 aromatic carbocycles. The number of anilines is 1. The summed E-state index contributed by atoms with van der Waals surface area (Å²) in [7, 11) is 0. The van der Waals surface area contributed by atoms with Crippen LogP contribution in [0.1, 0.15) is 0 Å². The lowest BCUT2D eigenvalue weighted by Crippen LogP contribution is -2.01. The number of hydrogen-bond acceptors (Lipinski definition) is 3. The van der Waals surface area contributed by atoms with Crippen LogP contribution in [0.15, 0.2) is 5.38 Å². The summed E-state index contributed by atoms with van der Waals surface area (Å²) in [5.41, 5.74) is 5.31. The number of aromatic nitrogens is 1. The first-order chi connectivity index (χ1) is 3.29. The van der Waals surface area contributed by atoms with Crippen LogP contribution in [0.3, 0.4) is 0 Å². The molecule has 0 saturated heterocycles. The maximum absolute atomic E-state index is 5.31. The van der Waals surface area contributed by atoms with Crippen molar-refractivity contribution in [2.24, 2.45) is 0 Å². The molecule has 1 rings (SSSR count). The Morgan fingerprint density at radius 1 is 1.86 bits per heavy atom. The van der Waals surface area contributed by atoms with Crippen LogP contribution in [0.25, 0.3) is 0 Å². The minimum atomic E-state index is 0.685. The van der Waals surface area contributed by atoms with Gasteiger partial charge in [0, 0.05) is 0 Å². The first-order valence-electron chi connectivity index (χ1n) is 1.96. The quantitative estimate of drug-likeness (QED) is 0.454. The first kappa shape index (κ1) is 5.11. The van der Waals surface area contributed by atoms with Gasteiger partial charge in [-0.1, -0.05) is 0 Å². The summed E-state index contributed by atoms with van der Waals surface area (Å²) < 4.78 is 1.14. The third-order valence-corrected chi connectivity index (χ3v) is 2.36. The van der Waals surface area contributed by atoms with Crippen molar-refractivity contribution in [1.29, 1.82) is 0 Å². The molecule has 36 valence electrons. The predicted molar refractivity (Wildman–Crippen MR) is 34.7 cm³/mol. The van der Waals surface area contributed by atoms with Gasteiger partial charge in [0.05, 0.1) is 0 Å². The van der Waals surface area contributed by atoms with Gasteiger partial charge in [-0.3, -0.25) is 0 Å². The van der Waals surface area contributed by atoms with Crippen LogP contribution in [0, 0.1) is 0 Å². The van der Waals surface area contributed by atoms with Crippen molar-refractivity contribution in [2.45, 2.75) is 0 Å². The molecule has 0 aliphatic carbocycles. The van der Waals surface area contributed by atoms with E-state index in [0.717, 1.165) is 20.8 Å². The third kappa shape index (κ3) is 1.17. The summed E-state index contributed by atoms with van der Waals surface area (Å²) >= 11 is 2.52. The van der Waals surface area contributed by atoms with Gasteiger partial charge in [0.15, 0.2) is 5.13 Å². The fourth-order valence-corrected chi connectivity index (χ4v) is 1.67.